The van der Waals surface area contributed by atoms with Crippen LogP contribution in [0.1, 0.15) is 48.8 Å². The number of nitrogens with zero attached hydrogens (tertiary/aromatic N) is 2. The zero-order chi connectivity index (χ0) is 16.5. The smallest absolute Gasteiger partial charge is 0.197 e. The Kier molecular flexibility index (Phi) is 3.14. The van der Waals surface area contributed by atoms with E-state index in [2.05, 4.69) is 32.7 Å². The normalized spacial score (nSPS) is 19.5. The summed E-state index contributed by atoms with van der Waals surface area (Å²) in [6, 6.07) is 0. The van der Waals surface area contributed by atoms with E-state index in [0.29, 0.717) is 0 Å². The van der Waals surface area contributed by atoms with Crippen LogP contribution in [0.25, 0.3) is 4.96 Å². The second kappa shape index (κ2) is 4.41. The van der Waals surface area contributed by atoms with Gasteiger partial charge in [-0.1, -0.05) is 27.7 Å². The number of carbonyl (C=O) groups is 1. The lowest BCUT2D eigenvalue weighted by Gasteiger charge is -2.34. The Bertz CT molecular complexity index is 885. The molecule has 0 saturated heterocycles. The molecule has 0 atom stereocenters. The molecule has 3 rings (SSSR count). The minimum absolute atomic E-state index is 0.0601. The molecule has 0 unspecified atom stereocenters. The second-order valence-electron chi connectivity index (χ2n) is 7.34. The van der Waals surface area contributed by atoms with Crippen LogP contribution in [0.3, 0.4) is 0 Å². The Morgan fingerprint density at radius 3 is 2.59 bits per heavy atom. The number of imidazole rings is 1. The van der Waals surface area contributed by atoms with Crippen molar-refractivity contribution < 1.29 is 13.2 Å². The van der Waals surface area contributed by atoms with Gasteiger partial charge in [-0.25, -0.2) is 13.4 Å². The summed E-state index contributed by atoms with van der Waals surface area (Å²) in [5.74, 6) is -0.930. The topological polar surface area (TPSA) is 68.5 Å². The van der Waals surface area contributed by atoms with E-state index in [9.17, 15) is 13.2 Å². The van der Waals surface area contributed by atoms with Crippen molar-refractivity contribution in [3.8, 4) is 0 Å². The first kappa shape index (κ1) is 15.7. The molecule has 2 aromatic rings. The molecular formula is C15H20N2O3S2. The standard InChI is InChI=1S/C15H20N2O3S2/c1-14(2)6-10-12(15(14,3)4)21-13-16-9(7-17(10)13)11(18)8-22(5,19)20/h7H,6,8H2,1-5H3. The molecule has 7 heteroatoms. The first-order valence-electron chi connectivity index (χ1n) is 7.14. The fourth-order valence-electron chi connectivity index (χ4n) is 2.94. The minimum Gasteiger partial charge on any atom is -0.294 e. The van der Waals surface area contributed by atoms with Gasteiger partial charge in [0.2, 0.25) is 0 Å². The van der Waals surface area contributed by atoms with Gasteiger partial charge in [0.05, 0.1) is 0 Å². The second-order valence-corrected chi connectivity index (χ2v) is 10.5. The first-order valence-corrected chi connectivity index (χ1v) is 10.0. The van der Waals surface area contributed by atoms with Crippen molar-refractivity contribution in [2.45, 2.75) is 39.5 Å². The quantitative estimate of drug-likeness (QED) is 0.805. The third-order valence-electron chi connectivity index (χ3n) is 4.97. The van der Waals surface area contributed by atoms with Crippen molar-refractivity contribution in [1.82, 2.24) is 9.38 Å². The van der Waals surface area contributed by atoms with E-state index in [0.717, 1.165) is 17.6 Å². The molecule has 2 aromatic heterocycles. The summed E-state index contributed by atoms with van der Waals surface area (Å²) in [5, 5.41) is 0. The molecule has 0 fully saturated rings. The Balaban J connectivity index is 2.06. The number of fused-ring (bicyclic) bond motifs is 3. The molecule has 2 heterocycles. The van der Waals surface area contributed by atoms with Crippen molar-refractivity contribution in [2.75, 3.05) is 12.0 Å². The number of ketones is 1. The van der Waals surface area contributed by atoms with E-state index in [-0.39, 0.29) is 16.5 Å². The number of hydrogen-bond acceptors (Lipinski definition) is 5. The first-order chi connectivity index (χ1) is 9.92. The third kappa shape index (κ3) is 2.22. The van der Waals surface area contributed by atoms with E-state index in [1.165, 1.54) is 10.6 Å². The molecule has 5 nitrogen and oxygen atoms in total. The molecule has 1 aliphatic rings. The molecule has 0 bridgehead atoms. The maximum atomic E-state index is 12.0. The Morgan fingerprint density at radius 1 is 1.36 bits per heavy atom. The highest BCUT2D eigenvalue weighted by Gasteiger charge is 2.48. The van der Waals surface area contributed by atoms with Crippen LogP contribution in [0.4, 0.5) is 0 Å². The summed E-state index contributed by atoms with van der Waals surface area (Å²) in [4.78, 5) is 18.4. The molecule has 0 amide bonds. The summed E-state index contributed by atoms with van der Waals surface area (Å²) in [6.45, 7) is 8.98. The van der Waals surface area contributed by atoms with Crippen molar-refractivity contribution >= 4 is 31.9 Å². The van der Waals surface area contributed by atoms with Gasteiger partial charge < -0.3 is 0 Å². The largest absolute Gasteiger partial charge is 0.294 e. The predicted octanol–water partition coefficient (Wildman–Crippen LogP) is 2.48. The minimum atomic E-state index is -3.34. The lowest BCUT2D eigenvalue weighted by Crippen LogP contribution is -2.31. The number of carbonyl (C=O) groups excluding carboxylic acids is 1. The monoisotopic (exact) mass is 340 g/mol. The molecule has 0 aromatic carbocycles. The van der Waals surface area contributed by atoms with Crippen LogP contribution in [-0.4, -0.2) is 35.6 Å². The van der Waals surface area contributed by atoms with Crippen LogP contribution in [0.5, 0.6) is 0 Å². The maximum absolute atomic E-state index is 12.0. The van der Waals surface area contributed by atoms with E-state index < -0.39 is 21.4 Å². The Labute approximate surface area is 134 Å². The SMILES string of the molecule is CC1(C)Cc2c(sc3nc(C(=O)CS(C)(=O)=O)cn23)C1(C)C. The van der Waals surface area contributed by atoms with Crippen LogP contribution in [0, 0.1) is 5.41 Å². The molecule has 0 spiro atoms. The summed E-state index contributed by atoms with van der Waals surface area (Å²) < 4.78 is 24.5. The van der Waals surface area contributed by atoms with Crippen LogP contribution >= 0.6 is 11.3 Å². The number of Topliss-reactive ketones (excluding diaryl/α,β-unsaturated/α-hetero) is 1. The van der Waals surface area contributed by atoms with Gasteiger partial charge in [0.25, 0.3) is 0 Å². The highest BCUT2D eigenvalue weighted by Crippen LogP contribution is 2.53. The molecule has 120 valence electrons. The summed E-state index contributed by atoms with van der Waals surface area (Å²) >= 11 is 1.60. The van der Waals surface area contributed by atoms with Gasteiger partial charge in [0, 0.05) is 28.4 Å². The Morgan fingerprint density at radius 2 is 2.00 bits per heavy atom. The molecule has 0 saturated carbocycles. The maximum Gasteiger partial charge on any atom is 0.197 e. The molecule has 0 radical (unpaired) electrons. The third-order valence-corrected chi connectivity index (χ3v) is 7.17. The average molecular weight is 340 g/mol. The highest BCUT2D eigenvalue weighted by molar-refractivity contribution is 7.91. The van der Waals surface area contributed by atoms with Gasteiger partial charge in [0.15, 0.2) is 20.6 Å². The lowest BCUT2D eigenvalue weighted by atomic mass is 9.71. The van der Waals surface area contributed by atoms with E-state index in [1.54, 1.807) is 17.5 Å². The molecule has 1 aliphatic carbocycles. The lowest BCUT2D eigenvalue weighted by molar-refractivity contribution is 0.101. The zero-order valence-electron chi connectivity index (χ0n) is 13.4. The van der Waals surface area contributed by atoms with Gasteiger partial charge in [-0.3, -0.25) is 9.20 Å². The van der Waals surface area contributed by atoms with Crippen molar-refractivity contribution in [2.24, 2.45) is 5.41 Å². The van der Waals surface area contributed by atoms with Gasteiger partial charge in [0.1, 0.15) is 11.4 Å². The van der Waals surface area contributed by atoms with E-state index in [1.807, 2.05) is 4.40 Å². The summed E-state index contributed by atoms with van der Waals surface area (Å²) in [6.07, 6.45) is 3.67. The Hall–Kier alpha value is -1.21. The van der Waals surface area contributed by atoms with E-state index in [4.69, 9.17) is 0 Å². The zero-order valence-corrected chi connectivity index (χ0v) is 15.1. The van der Waals surface area contributed by atoms with Crippen LogP contribution in [-0.2, 0) is 21.7 Å². The van der Waals surface area contributed by atoms with Crippen LogP contribution < -0.4 is 0 Å². The number of thiazole rings is 1. The van der Waals surface area contributed by atoms with Crippen molar-refractivity contribution in [3.63, 3.8) is 0 Å². The van der Waals surface area contributed by atoms with Crippen molar-refractivity contribution in [1.29, 1.82) is 0 Å². The number of sulfone groups is 1. The van der Waals surface area contributed by atoms with Gasteiger partial charge in [-0.05, 0) is 11.8 Å². The van der Waals surface area contributed by atoms with Gasteiger partial charge >= 0.3 is 0 Å². The van der Waals surface area contributed by atoms with Crippen LogP contribution in [0.15, 0.2) is 6.20 Å². The summed E-state index contributed by atoms with van der Waals surface area (Å²) in [5.41, 5.74) is 1.64. The fraction of sp³-hybridized carbons (Fsp3) is 0.600. The number of rotatable bonds is 3. The fourth-order valence-corrected chi connectivity index (χ4v) is 4.97. The van der Waals surface area contributed by atoms with Gasteiger partial charge in [-0.2, -0.15) is 0 Å². The van der Waals surface area contributed by atoms with E-state index >= 15 is 0 Å². The highest BCUT2D eigenvalue weighted by atomic mass is 32.2. The molecule has 0 N–H and O–H groups in total. The predicted molar refractivity (Wildman–Crippen MR) is 87.6 cm³/mol. The van der Waals surface area contributed by atoms with Gasteiger partial charge in [-0.15, -0.1) is 11.3 Å². The number of hydrogen-bond donors (Lipinski definition) is 0. The average Bonchev–Trinajstić information content (AvgIpc) is 2.90. The summed E-state index contributed by atoms with van der Waals surface area (Å²) in [7, 11) is -3.34. The molecular weight excluding hydrogens is 320 g/mol. The molecule has 22 heavy (non-hydrogen) atoms. The van der Waals surface area contributed by atoms with Crippen LogP contribution in [0.2, 0.25) is 0 Å². The molecule has 0 aliphatic heterocycles. The van der Waals surface area contributed by atoms with Crippen molar-refractivity contribution in [3.05, 3.63) is 22.5 Å². The number of aromatic nitrogens is 2.